The molecule has 0 radical (unpaired) electrons. The number of carbonyl (C=O) groups excluding carboxylic acids is 1. The third kappa shape index (κ3) is 5.22. The van der Waals surface area contributed by atoms with Crippen molar-refractivity contribution >= 4 is 44.2 Å². The van der Waals surface area contributed by atoms with Crippen LogP contribution in [0.3, 0.4) is 0 Å². The molecule has 0 N–H and O–H groups in total. The van der Waals surface area contributed by atoms with Crippen LogP contribution >= 0.6 is 22.9 Å². The van der Waals surface area contributed by atoms with Crippen molar-refractivity contribution in [2.75, 3.05) is 37.7 Å². The number of halogens is 1. The molecule has 0 spiro atoms. The molecule has 0 saturated heterocycles. The van der Waals surface area contributed by atoms with Gasteiger partial charge in [0.05, 0.1) is 10.2 Å². The Hall–Kier alpha value is -2.15. The molecule has 148 valence electrons. The van der Waals surface area contributed by atoms with Crippen molar-refractivity contribution in [1.82, 2.24) is 9.88 Å². The number of benzene rings is 2. The molecule has 0 aliphatic heterocycles. The summed E-state index contributed by atoms with van der Waals surface area (Å²) < 4.78 is 6.64. The Balaban J connectivity index is 1.79. The van der Waals surface area contributed by atoms with E-state index in [1.54, 1.807) is 4.90 Å². The van der Waals surface area contributed by atoms with Crippen molar-refractivity contribution in [2.24, 2.45) is 0 Å². The number of aromatic nitrogens is 1. The van der Waals surface area contributed by atoms with Gasteiger partial charge in [-0.15, -0.1) is 0 Å². The molecule has 1 amide bonds. The maximum atomic E-state index is 13.0. The zero-order valence-electron chi connectivity index (χ0n) is 16.1. The molecule has 3 aromatic rings. The van der Waals surface area contributed by atoms with Crippen molar-refractivity contribution < 1.29 is 9.53 Å². The number of hydrogen-bond donors (Lipinski definition) is 0. The Morgan fingerprint density at radius 2 is 1.86 bits per heavy atom. The number of hydrogen-bond acceptors (Lipinski definition) is 5. The molecule has 0 aliphatic carbocycles. The highest BCUT2D eigenvalue weighted by Gasteiger charge is 2.21. The first-order valence-corrected chi connectivity index (χ1v) is 10.6. The third-order valence-corrected chi connectivity index (χ3v) is 5.79. The summed E-state index contributed by atoms with van der Waals surface area (Å²) in [6.45, 7) is 7.43. The van der Waals surface area contributed by atoms with Crippen LogP contribution in [0, 0.1) is 0 Å². The van der Waals surface area contributed by atoms with Crippen molar-refractivity contribution in [3.8, 4) is 5.75 Å². The number of thiazole rings is 1. The van der Waals surface area contributed by atoms with E-state index in [1.165, 1.54) is 11.3 Å². The van der Waals surface area contributed by atoms with Gasteiger partial charge < -0.3 is 9.64 Å². The Morgan fingerprint density at radius 1 is 1.11 bits per heavy atom. The molecule has 5 nitrogen and oxygen atoms in total. The van der Waals surface area contributed by atoms with Crippen LogP contribution in [0.5, 0.6) is 5.75 Å². The number of para-hydroxylation sites is 1. The second-order valence-electron chi connectivity index (χ2n) is 6.28. The van der Waals surface area contributed by atoms with E-state index in [-0.39, 0.29) is 12.5 Å². The predicted molar refractivity (Wildman–Crippen MR) is 117 cm³/mol. The molecule has 2 aromatic carbocycles. The summed E-state index contributed by atoms with van der Waals surface area (Å²) in [5.74, 6) is 0.566. The molecule has 0 fully saturated rings. The van der Waals surface area contributed by atoms with Crippen LogP contribution in [0.2, 0.25) is 5.02 Å². The number of anilines is 1. The van der Waals surface area contributed by atoms with Gasteiger partial charge >= 0.3 is 0 Å². The van der Waals surface area contributed by atoms with E-state index in [0.29, 0.717) is 22.4 Å². The van der Waals surface area contributed by atoms with Gasteiger partial charge in [0.25, 0.3) is 5.91 Å². The number of likely N-dealkylation sites (N-methyl/N-ethyl adjacent to an activating group) is 1. The van der Waals surface area contributed by atoms with E-state index >= 15 is 0 Å². The average molecular weight is 418 g/mol. The highest BCUT2D eigenvalue weighted by atomic mass is 35.5. The van der Waals surface area contributed by atoms with E-state index in [1.807, 2.05) is 48.5 Å². The number of fused-ring (bicyclic) bond motifs is 1. The van der Waals surface area contributed by atoms with Gasteiger partial charge in [-0.1, -0.05) is 55.0 Å². The van der Waals surface area contributed by atoms with E-state index in [4.69, 9.17) is 16.3 Å². The topological polar surface area (TPSA) is 45.7 Å². The maximum Gasteiger partial charge on any atom is 0.266 e. The molecule has 0 bridgehead atoms. The SMILES string of the molecule is CCN(CC)CCN(C(=O)COc1ccccc1)c1nc2ccc(Cl)cc2s1. The highest BCUT2D eigenvalue weighted by Crippen LogP contribution is 2.31. The Kier molecular flexibility index (Phi) is 7.25. The second kappa shape index (κ2) is 9.87. The van der Waals surface area contributed by atoms with Crippen molar-refractivity contribution in [3.63, 3.8) is 0 Å². The van der Waals surface area contributed by atoms with E-state index in [0.717, 1.165) is 29.9 Å². The Bertz CT molecular complexity index is 912. The van der Waals surface area contributed by atoms with E-state index in [9.17, 15) is 4.79 Å². The molecule has 7 heteroatoms. The minimum Gasteiger partial charge on any atom is -0.484 e. The fraction of sp³-hybridized carbons (Fsp3) is 0.333. The first-order chi connectivity index (χ1) is 13.6. The first-order valence-electron chi connectivity index (χ1n) is 9.37. The van der Waals surface area contributed by atoms with Crippen LogP contribution in [0.25, 0.3) is 10.2 Å². The summed E-state index contributed by atoms with van der Waals surface area (Å²) in [6.07, 6.45) is 0. The summed E-state index contributed by atoms with van der Waals surface area (Å²) >= 11 is 7.57. The van der Waals surface area contributed by atoms with Gasteiger partial charge in [-0.2, -0.15) is 0 Å². The number of rotatable bonds is 9. The quantitative estimate of drug-likeness (QED) is 0.506. The zero-order valence-corrected chi connectivity index (χ0v) is 17.7. The number of nitrogens with zero attached hydrogens (tertiary/aromatic N) is 3. The Morgan fingerprint density at radius 3 is 2.57 bits per heavy atom. The minimum atomic E-state index is -0.110. The molecular formula is C21H24ClN3O2S. The summed E-state index contributed by atoms with van der Waals surface area (Å²) in [4.78, 5) is 21.6. The molecule has 0 unspecified atom stereocenters. The predicted octanol–water partition coefficient (Wildman–Crippen LogP) is 4.70. The lowest BCUT2D eigenvalue weighted by Crippen LogP contribution is -2.41. The van der Waals surface area contributed by atoms with Gasteiger partial charge in [0.1, 0.15) is 5.75 Å². The van der Waals surface area contributed by atoms with Gasteiger partial charge in [-0.25, -0.2) is 4.98 Å². The van der Waals surface area contributed by atoms with Gasteiger partial charge in [0.15, 0.2) is 11.7 Å². The fourth-order valence-electron chi connectivity index (χ4n) is 2.85. The van der Waals surface area contributed by atoms with Crippen LogP contribution in [-0.2, 0) is 4.79 Å². The zero-order chi connectivity index (χ0) is 19.9. The van der Waals surface area contributed by atoms with Crippen molar-refractivity contribution in [2.45, 2.75) is 13.8 Å². The van der Waals surface area contributed by atoms with Gasteiger partial charge in [0.2, 0.25) is 0 Å². The van der Waals surface area contributed by atoms with Crippen LogP contribution in [0.15, 0.2) is 48.5 Å². The molecular weight excluding hydrogens is 394 g/mol. The molecule has 3 rings (SSSR count). The molecule has 0 atom stereocenters. The van der Waals surface area contributed by atoms with Gasteiger partial charge in [-0.05, 0) is 43.4 Å². The lowest BCUT2D eigenvalue weighted by molar-refractivity contribution is -0.120. The average Bonchev–Trinajstić information content (AvgIpc) is 3.13. The van der Waals surface area contributed by atoms with Crippen molar-refractivity contribution in [3.05, 3.63) is 53.6 Å². The molecule has 1 aromatic heterocycles. The summed E-state index contributed by atoms with van der Waals surface area (Å²) in [5, 5.41) is 1.34. The largest absolute Gasteiger partial charge is 0.484 e. The third-order valence-electron chi connectivity index (χ3n) is 4.51. The number of ether oxygens (including phenoxy) is 1. The lowest BCUT2D eigenvalue weighted by atomic mass is 10.3. The summed E-state index contributed by atoms with van der Waals surface area (Å²) in [6, 6.07) is 14.9. The first kappa shape index (κ1) is 20.6. The van der Waals surface area contributed by atoms with E-state index in [2.05, 4.69) is 23.7 Å². The second-order valence-corrected chi connectivity index (χ2v) is 7.73. The van der Waals surface area contributed by atoms with Crippen LogP contribution in [-0.4, -0.2) is 48.6 Å². The van der Waals surface area contributed by atoms with Crippen LogP contribution in [0.4, 0.5) is 5.13 Å². The molecule has 28 heavy (non-hydrogen) atoms. The molecule has 1 heterocycles. The molecule has 0 aliphatic rings. The van der Waals surface area contributed by atoms with Crippen LogP contribution < -0.4 is 9.64 Å². The van der Waals surface area contributed by atoms with Gasteiger partial charge in [0, 0.05) is 18.1 Å². The maximum absolute atomic E-state index is 13.0. The van der Waals surface area contributed by atoms with Gasteiger partial charge in [-0.3, -0.25) is 9.69 Å². The van der Waals surface area contributed by atoms with E-state index < -0.39 is 0 Å². The summed E-state index contributed by atoms with van der Waals surface area (Å²) in [7, 11) is 0. The smallest absolute Gasteiger partial charge is 0.266 e. The van der Waals surface area contributed by atoms with Crippen molar-refractivity contribution in [1.29, 1.82) is 0 Å². The lowest BCUT2D eigenvalue weighted by Gasteiger charge is -2.24. The molecule has 0 saturated carbocycles. The fourth-order valence-corrected chi connectivity index (χ4v) is 4.13. The highest BCUT2D eigenvalue weighted by molar-refractivity contribution is 7.22. The number of carbonyl (C=O) groups is 1. The minimum absolute atomic E-state index is 0.0288. The number of amides is 1. The monoisotopic (exact) mass is 417 g/mol. The standard InChI is InChI=1S/C21H24ClN3O2S/c1-3-24(4-2)12-13-25(20(26)15-27-17-8-6-5-7-9-17)21-23-18-11-10-16(22)14-19(18)28-21/h5-11,14H,3-4,12-13,15H2,1-2H3. The normalized spacial score (nSPS) is 11.1. The Labute approximate surface area is 174 Å². The summed E-state index contributed by atoms with van der Waals surface area (Å²) in [5.41, 5.74) is 0.842. The van der Waals surface area contributed by atoms with Crippen LogP contribution in [0.1, 0.15) is 13.8 Å².